The van der Waals surface area contributed by atoms with E-state index in [4.69, 9.17) is 11.6 Å². The van der Waals surface area contributed by atoms with Crippen molar-refractivity contribution in [2.75, 3.05) is 28.8 Å². The number of halogens is 2. The summed E-state index contributed by atoms with van der Waals surface area (Å²) in [5.74, 6) is -0.215. The van der Waals surface area contributed by atoms with Gasteiger partial charge in [0.2, 0.25) is 0 Å². The molecule has 1 aliphatic rings. The van der Waals surface area contributed by atoms with Gasteiger partial charge in [-0.1, -0.05) is 11.6 Å². The molecule has 1 aliphatic heterocycles. The van der Waals surface area contributed by atoms with Crippen molar-refractivity contribution in [1.82, 2.24) is 4.98 Å². The van der Waals surface area contributed by atoms with E-state index >= 15 is 0 Å². The van der Waals surface area contributed by atoms with Gasteiger partial charge in [-0.3, -0.25) is 4.79 Å². The summed E-state index contributed by atoms with van der Waals surface area (Å²) in [4.78, 5) is 18.4. The Bertz CT molecular complexity index is 952. The van der Waals surface area contributed by atoms with Crippen LogP contribution in [0.15, 0.2) is 36.5 Å². The Balaban J connectivity index is 1.76. The lowest BCUT2D eigenvalue weighted by molar-refractivity contribution is 0.102. The summed E-state index contributed by atoms with van der Waals surface area (Å²) in [6, 6.07) is 6.88. The van der Waals surface area contributed by atoms with Gasteiger partial charge in [0.1, 0.15) is 11.6 Å². The fraction of sp³-hybridized carbons (Fsp3) is 0.294. The summed E-state index contributed by atoms with van der Waals surface area (Å²) < 4.78 is 36.5. The lowest BCUT2D eigenvalue weighted by Gasteiger charge is -2.24. The number of carbonyl (C=O) groups is 1. The number of anilines is 2. The van der Waals surface area contributed by atoms with Crippen molar-refractivity contribution in [3.8, 4) is 0 Å². The molecule has 0 aliphatic carbocycles. The smallest absolute Gasteiger partial charge is 0.255 e. The molecule has 2 heterocycles. The monoisotopic (exact) mass is 397 g/mol. The summed E-state index contributed by atoms with van der Waals surface area (Å²) in [6.07, 6.45) is 2.02. The first-order chi connectivity index (χ1) is 12.2. The summed E-state index contributed by atoms with van der Waals surface area (Å²) in [5.41, 5.74) is 0.721. The first kappa shape index (κ1) is 18.6. The maximum Gasteiger partial charge on any atom is 0.255 e. The molecule has 0 spiro atoms. The maximum atomic E-state index is 13.2. The van der Waals surface area contributed by atoms with Crippen molar-refractivity contribution in [2.24, 2.45) is 0 Å². The number of hydrogen-bond acceptors (Lipinski definition) is 5. The Kier molecular flexibility index (Phi) is 5.15. The molecule has 1 amide bonds. The van der Waals surface area contributed by atoms with E-state index in [1.54, 1.807) is 24.1 Å². The predicted molar refractivity (Wildman–Crippen MR) is 99.1 cm³/mol. The van der Waals surface area contributed by atoms with Crippen LogP contribution in [0.2, 0.25) is 5.02 Å². The minimum atomic E-state index is -3.02. The van der Waals surface area contributed by atoms with E-state index in [0.717, 1.165) is 0 Å². The van der Waals surface area contributed by atoms with Gasteiger partial charge in [0.25, 0.3) is 5.91 Å². The molecule has 1 atom stereocenters. The van der Waals surface area contributed by atoms with Crippen molar-refractivity contribution in [3.63, 3.8) is 0 Å². The number of nitrogens with one attached hydrogen (secondary N) is 1. The van der Waals surface area contributed by atoms with Gasteiger partial charge in [0, 0.05) is 30.5 Å². The summed E-state index contributed by atoms with van der Waals surface area (Å²) in [5, 5.41) is 2.56. The SMILES string of the molecule is CN(c1cc(C(=O)Nc2ccc(F)c(Cl)c2)ccn1)C1CCS(=O)(=O)C1. The van der Waals surface area contributed by atoms with Gasteiger partial charge in [-0.05, 0) is 36.8 Å². The van der Waals surface area contributed by atoms with Gasteiger partial charge in [-0.2, -0.15) is 0 Å². The second-order valence-corrected chi connectivity index (χ2v) is 8.79. The molecule has 1 aromatic heterocycles. The molecule has 6 nitrogen and oxygen atoms in total. The van der Waals surface area contributed by atoms with E-state index in [9.17, 15) is 17.6 Å². The van der Waals surface area contributed by atoms with Gasteiger partial charge in [-0.25, -0.2) is 17.8 Å². The molecule has 0 saturated carbocycles. The fourth-order valence-electron chi connectivity index (χ4n) is 2.80. The summed E-state index contributed by atoms with van der Waals surface area (Å²) >= 11 is 5.71. The third-order valence-corrected chi connectivity index (χ3v) is 6.34. The van der Waals surface area contributed by atoms with Crippen LogP contribution in [0.25, 0.3) is 0 Å². The zero-order valence-electron chi connectivity index (χ0n) is 13.9. The van der Waals surface area contributed by atoms with Crippen LogP contribution in [0.4, 0.5) is 15.9 Å². The average Bonchev–Trinajstić information content (AvgIpc) is 2.97. The van der Waals surface area contributed by atoms with Gasteiger partial charge in [-0.15, -0.1) is 0 Å². The van der Waals surface area contributed by atoms with Crippen LogP contribution in [0, 0.1) is 5.82 Å². The first-order valence-corrected chi connectivity index (χ1v) is 10.1. The topological polar surface area (TPSA) is 79.4 Å². The van der Waals surface area contributed by atoms with Gasteiger partial charge >= 0.3 is 0 Å². The third-order valence-electron chi connectivity index (χ3n) is 4.30. The van der Waals surface area contributed by atoms with E-state index < -0.39 is 21.6 Å². The van der Waals surface area contributed by atoms with Crippen LogP contribution in [-0.4, -0.2) is 43.9 Å². The zero-order valence-corrected chi connectivity index (χ0v) is 15.5. The number of carbonyl (C=O) groups excluding carboxylic acids is 1. The second-order valence-electron chi connectivity index (χ2n) is 6.15. The average molecular weight is 398 g/mol. The molecule has 1 aromatic carbocycles. The Morgan fingerprint density at radius 1 is 1.35 bits per heavy atom. The lowest BCUT2D eigenvalue weighted by atomic mass is 10.2. The van der Waals surface area contributed by atoms with E-state index in [-0.39, 0.29) is 22.6 Å². The van der Waals surface area contributed by atoms with E-state index in [1.165, 1.54) is 24.4 Å². The highest BCUT2D eigenvalue weighted by atomic mass is 35.5. The first-order valence-electron chi connectivity index (χ1n) is 7.91. The molecule has 138 valence electrons. The van der Waals surface area contributed by atoms with Crippen molar-refractivity contribution in [1.29, 1.82) is 0 Å². The second kappa shape index (κ2) is 7.20. The highest BCUT2D eigenvalue weighted by Crippen LogP contribution is 2.23. The molecule has 26 heavy (non-hydrogen) atoms. The largest absolute Gasteiger partial charge is 0.356 e. The normalized spacial score (nSPS) is 18.5. The highest BCUT2D eigenvalue weighted by Gasteiger charge is 2.31. The third kappa shape index (κ3) is 4.13. The van der Waals surface area contributed by atoms with Crippen molar-refractivity contribution in [2.45, 2.75) is 12.5 Å². The molecular formula is C17H17ClFN3O3S. The number of aromatic nitrogens is 1. The summed E-state index contributed by atoms with van der Waals surface area (Å²) in [7, 11) is -1.26. The number of pyridine rings is 1. The molecule has 1 unspecified atom stereocenters. The van der Waals surface area contributed by atoms with Crippen molar-refractivity contribution >= 4 is 38.9 Å². The van der Waals surface area contributed by atoms with Crippen LogP contribution in [0.1, 0.15) is 16.8 Å². The van der Waals surface area contributed by atoms with Gasteiger partial charge in [0.15, 0.2) is 9.84 Å². The van der Waals surface area contributed by atoms with Crippen LogP contribution in [-0.2, 0) is 9.84 Å². The minimum Gasteiger partial charge on any atom is -0.356 e. The molecule has 9 heteroatoms. The Hall–Kier alpha value is -2.19. The molecule has 0 bridgehead atoms. The highest BCUT2D eigenvalue weighted by molar-refractivity contribution is 7.91. The Labute approximate surface area is 155 Å². The molecule has 0 radical (unpaired) electrons. The van der Waals surface area contributed by atoms with Crippen LogP contribution >= 0.6 is 11.6 Å². The molecule has 1 saturated heterocycles. The lowest BCUT2D eigenvalue weighted by Crippen LogP contribution is -2.33. The molecule has 3 rings (SSSR count). The standard InChI is InChI=1S/C17H17ClFN3O3S/c1-22(13-5-7-26(24,25)10-13)16-8-11(4-6-20-16)17(23)21-12-2-3-15(19)14(18)9-12/h2-4,6,8-9,13H,5,7,10H2,1H3,(H,21,23). The minimum absolute atomic E-state index is 0.0791. The van der Waals surface area contributed by atoms with E-state index in [2.05, 4.69) is 10.3 Å². The van der Waals surface area contributed by atoms with Crippen molar-refractivity contribution < 1.29 is 17.6 Å². The fourth-order valence-corrected chi connectivity index (χ4v) is 4.75. The van der Waals surface area contributed by atoms with Gasteiger partial charge in [0.05, 0.1) is 16.5 Å². The summed E-state index contributed by atoms with van der Waals surface area (Å²) in [6.45, 7) is 0. The van der Waals surface area contributed by atoms with Crippen molar-refractivity contribution in [3.05, 3.63) is 52.9 Å². The van der Waals surface area contributed by atoms with E-state index in [1.807, 2.05) is 0 Å². The number of amides is 1. The molecule has 2 aromatic rings. The maximum absolute atomic E-state index is 13.2. The van der Waals surface area contributed by atoms with Gasteiger partial charge < -0.3 is 10.2 Å². The Morgan fingerprint density at radius 2 is 2.12 bits per heavy atom. The number of nitrogens with zero attached hydrogens (tertiary/aromatic N) is 2. The predicted octanol–water partition coefficient (Wildman–Crippen LogP) is 2.75. The molecule has 1 N–H and O–H groups in total. The molecular weight excluding hydrogens is 381 g/mol. The molecule has 1 fully saturated rings. The van der Waals surface area contributed by atoms with E-state index in [0.29, 0.717) is 23.5 Å². The van der Waals surface area contributed by atoms with Crippen LogP contribution in [0.3, 0.4) is 0 Å². The quantitative estimate of drug-likeness (QED) is 0.858. The van der Waals surface area contributed by atoms with Crippen LogP contribution in [0.5, 0.6) is 0 Å². The Morgan fingerprint density at radius 3 is 2.77 bits per heavy atom. The number of hydrogen-bond donors (Lipinski definition) is 1. The number of rotatable bonds is 4. The van der Waals surface area contributed by atoms with Crippen LogP contribution < -0.4 is 10.2 Å². The zero-order chi connectivity index (χ0) is 18.9. The number of sulfone groups is 1. The number of benzene rings is 1.